The molecule has 0 aliphatic heterocycles. The number of fused-ring (bicyclic) bond motifs is 1. The van der Waals surface area contributed by atoms with Gasteiger partial charge in [0.15, 0.2) is 11.5 Å². The minimum atomic E-state index is -0.763. The van der Waals surface area contributed by atoms with Crippen LogP contribution in [0, 0.1) is 11.3 Å². The molecule has 0 aromatic carbocycles. The molecule has 0 amide bonds. The van der Waals surface area contributed by atoms with Crippen LogP contribution in [0.25, 0.3) is 22.5 Å². The number of rotatable bonds is 5. The summed E-state index contributed by atoms with van der Waals surface area (Å²) in [7, 11) is 0. The average Bonchev–Trinajstić information content (AvgIpc) is 3.32. The third-order valence-electron chi connectivity index (χ3n) is 4.43. The van der Waals surface area contributed by atoms with Gasteiger partial charge in [-0.1, -0.05) is 5.21 Å². The van der Waals surface area contributed by atoms with Gasteiger partial charge >= 0.3 is 0 Å². The van der Waals surface area contributed by atoms with E-state index in [-0.39, 0.29) is 0 Å². The Bertz CT molecular complexity index is 1230. The van der Waals surface area contributed by atoms with E-state index >= 15 is 0 Å². The molecular weight excluding hydrogens is 370 g/mol. The van der Waals surface area contributed by atoms with Crippen LogP contribution >= 0.6 is 0 Å². The van der Waals surface area contributed by atoms with Crippen LogP contribution in [0.5, 0.6) is 0 Å². The molecule has 0 radical (unpaired) electrons. The molecule has 0 saturated carbocycles. The lowest BCUT2D eigenvalue weighted by Crippen LogP contribution is -2.19. The Kier molecular flexibility index (Phi) is 4.44. The van der Waals surface area contributed by atoms with Crippen LogP contribution in [-0.4, -0.2) is 45.4 Å². The molecule has 4 aromatic heterocycles. The number of aromatic nitrogens is 7. The number of nitrogens with zero attached hydrogens (tertiary/aromatic N) is 8. The van der Waals surface area contributed by atoms with Crippen LogP contribution in [-0.2, 0) is 6.42 Å². The van der Waals surface area contributed by atoms with E-state index in [9.17, 15) is 5.11 Å². The van der Waals surface area contributed by atoms with Gasteiger partial charge in [-0.25, -0.2) is 14.6 Å². The minimum absolute atomic E-state index is 0.450. The van der Waals surface area contributed by atoms with E-state index in [0.29, 0.717) is 41.2 Å². The van der Waals surface area contributed by atoms with Crippen LogP contribution in [0.4, 0.5) is 5.69 Å². The van der Waals surface area contributed by atoms with Crippen molar-refractivity contribution in [1.82, 2.24) is 34.7 Å². The smallest absolute Gasteiger partial charge is 0.164 e. The summed E-state index contributed by atoms with van der Waals surface area (Å²) in [4.78, 5) is 8.72. The predicted molar refractivity (Wildman–Crippen MR) is 105 cm³/mol. The Labute approximate surface area is 166 Å². The van der Waals surface area contributed by atoms with Gasteiger partial charge in [0.1, 0.15) is 11.8 Å². The zero-order chi connectivity index (χ0) is 20.6. The Morgan fingerprint density at radius 2 is 2.03 bits per heavy atom. The van der Waals surface area contributed by atoms with Crippen LogP contribution in [0.15, 0.2) is 36.9 Å². The summed E-state index contributed by atoms with van der Waals surface area (Å²) < 4.78 is 3.12. The maximum Gasteiger partial charge on any atom is 0.164 e. The molecule has 0 spiro atoms. The fourth-order valence-electron chi connectivity index (χ4n) is 2.87. The van der Waals surface area contributed by atoms with E-state index in [4.69, 9.17) is 11.0 Å². The number of nitrogen functional groups attached to an aromatic ring is 1. The highest BCUT2D eigenvalue weighted by Gasteiger charge is 2.15. The fourth-order valence-corrected chi connectivity index (χ4v) is 2.87. The van der Waals surface area contributed by atoms with Crippen molar-refractivity contribution in [2.75, 3.05) is 5.73 Å². The Morgan fingerprint density at radius 3 is 2.76 bits per heavy atom. The third kappa shape index (κ3) is 3.76. The number of nitrogens with two attached hydrogens (primary N) is 1. The SMILES string of the molecule is CC(C)(O)CCc1cn(-c2cnc(-n3ncc4cc(C#N)cnc43)cc2N)nn1. The van der Waals surface area contributed by atoms with Crippen molar-refractivity contribution in [3.8, 4) is 17.6 Å². The Hall–Kier alpha value is -3.84. The molecule has 0 aliphatic rings. The van der Waals surface area contributed by atoms with Gasteiger partial charge in [-0.3, -0.25) is 0 Å². The van der Waals surface area contributed by atoms with Gasteiger partial charge in [0.05, 0.1) is 41.1 Å². The van der Waals surface area contributed by atoms with Gasteiger partial charge in [0.2, 0.25) is 0 Å². The second-order valence-corrected chi connectivity index (χ2v) is 7.37. The van der Waals surface area contributed by atoms with Crippen molar-refractivity contribution in [3.05, 3.63) is 48.2 Å². The van der Waals surface area contributed by atoms with E-state index in [2.05, 4.69) is 31.4 Å². The van der Waals surface area contributed by atoms with Gasteiger partial charge in [0, 0.05) is 17.6 Å². The van der Waals surface area contributed by atoms with E-state index in [1.165, 1.54) is 6.20 Å². The van der Waals surface area contributed by atoms with E-state index in [1.807, 2.05) is 0 Å². The quantitative estimate of drug-likeness (QED) is 0.523. The maximum atomic E-state index is 9.86. The molecule has 4 aromatic rings. The van der Waals surface area contributed by atoms with Crippen molar-refractivity contribution in [2.24, 2.45) is 0 Å². The van der Waals surface area contributed by atoms with Crippen molar-refractivity contribution in [3.63, 3.8) is 0 Å². The molecule has 4 rings (SSSR count). The summed E-state index contributed by atoms with van der Waals surface area (Å²) in [6.07, 6.45) is 7.66. The third-order valence-corrected chi connectivity index (χ3v) is 4.43. The topological polar surface area (TPSA) is 144 Å². The van der Waals surface area contributed by atoms with E-state index in [1.54, 1.807) is 53.9 Å². The first-order valence-corrected chi connectivity index (χ1v) is 8.98. The number of hydrogen-bond donors (Lipinski definition) is 2. The summed E-state index contributed by atoms with van der Waals surface area (Å²) in [5.41, 5.74) is 8.31. The highest BCUT2D eigenvalue weighted by Crippen LogP contribution is 2.21. The largest absolute Gasteiger partial charge is 0.397 e. The van der Waals surface area contributed by atoms with Crippen molar-refractivity contribution in [1.29, 1.82) is 5.26 Å². The molecule has 4 heterocycles. The van der Waals surface area contributed by atoms with Crippen molar-refractivity contribution >= 4 is 16.7 Å². The molecule has 29 heavy (non-hydrogen) atoms. The number of pyridine rings is 2. The first kappa shape index (κ1) is 18.5. The van der Waals surface area contributed by atoms with E-state index in [0.717, 1.165) is 11.1 Å². The first-order valence-electron chi connectivity index (χ1n) is 8.98. The molecule has 0 saturated heterocycles. The number of hydrogen-bond acceptors (Lipinski definition) is 8. The standard InChI is InChI=1S/C19H19N9O/c1-19(2,29)4-3-14-11-27(26-25-14)16-10-22-17(6-15(16)21)28-18-13(9-24-28)5-12(7-20)8-23-18/h5-6,8-11,29H,3-4H2,1-2H3,(H2,21,22). The molecule has 0 bridgehead atoms. The molecule has 3 N–H and O–H groups in total. The summed E-state index contributed by atoms with van der Waals surface area (Å²) in [6.45, 7) is 3.51. The zero-order valence-electron chi connectivity index (χ0n) is 16.0. The zero-order valence-corrected chi connectivity index (χ0v) is 16.0. The lowest BCUT2D eigenvalue weighted by Gasteiger charge is -2.15. The van der Waals surface area contributed by atoms with Crippen molar-refractivity contribution < 1.29 is 5.11 Å². The van der Waals surface area contributed by atoms with Gasteiger partial charge in [0.25, 0.3) is 0 Å². The number of anilines is 1. The highest BCUT2D eigenvalue weighted by molar-refractivity contribution is 5.77. The first-order chi connectivity index (χ1) is 13.8. The Balaban J connectivity index is 1.62. The number of aliphatic hydroxyl groups is 1. The second-order valence-electron chi connectivity index (χ2n) is 7.37. The fraction of sp³-hybridized carbons (Fsp3) is 0.263. The number of aryl methyl sites for hydroxylation is 1. The van der Waals surface area contributed by atoms with Gasteiger partial charge in [-0.05, 0) is 32.8 Å². The lowest BCUT2D eigenvalue weighted by atomic mass is 10.0. The summed E-state index contributed by atoms with van der Waals surface area (Å²) >= 11 is 0. The highest BCUT2D eigenvalue weighted by atomic mass is 16.3. The monoisotopic (exact) mass is 389 g/mol. The van der Waals surface area contributed by atoms with Gasteiger partial charge < -0.3 is 10.8 Å². The normalized spacial score (nSPS) is 11.7. The molecular formula is C19H19N9O. The second kappa shape index (κ2) is 6.96. The molecule has 0 atom stereocenters. The van der Waals surface area contributed by atoms with Crippen LogP contribution < -0.4 is 5.73 Å². The maximum absolute atomic E-state index is 9.86. The predicted octanol–water partition coefficient (Wildman–Crippen LogP) is 1.55. The number of nitriles is 1. The molecule has 10 nitrogen and oxygen atoms in total. The van der Waals surface area contributed by atoms with Gasteiger partial charge in [-0.15, -0.1) is 5.10 Å². The average molecular weight is 389 g/mol. The lowest BCUT2D eigenvalue weighted by molar-refractivity contribution is 0.0711. The summed E-state index contributed by atoms with van der Waals surface area (Å²) in [5.74, 6) is 0.501. The van der Waals surface area contributed by atoms with Crippen LogP contribution in [0.3, 0.4) is 0 Å². The van der Waals surface area contributed by atoms with E-state index < -0.39 is 5.60 Å². The minimum Gasteiger partial charge on any atom is -0.397 e. The summed E-state index contributed by atoms with van der Waals surface area (Å²) in [5, 5.41) is 32.1. The molecule has 0 aliphatic carbocycles. The molecule has 0 fully saturated rings. The van der Waals surface area contributed by atoms with Crippen molar-refractivity contribution in [2.45, 2.75) is 32.3 Å². The molecule has 0 unspecified atom stereocenters. The summed E-state index contributed by atoms with van der Waals surface area (Å²) in [6, 6.07) is 5.45. The molecule has 10 heteroatoms. The van der Waals surface area contributed by atoms with Crippen LogP contribution in [0.2, 0.25) is 0 Å². The molecule has 146 valence electrons. The van der Waals surface area contributed by atoms with Gasteiger partial charge in [-0.2, -0.15) is 15.0 Å². The van der Waals surface area contributed by atoms with Crippen LogP contribution in [0.1, 0.15) is 31.5 Å². The Morgan fingerprint density at radius 1 is 1.21 bits per heavy atom.